The Bertz CT molecular complexity index is 315. The zero-order valence-corrected chi connectivity index (χ0v) is 9.53. The molecule has 14 heavy (non-hydrogen) atoms. The molecule has 2 atom stereocenters. The molecule has 0 aliphatic rings. The van der Waals surface area contributed by atoms with Crippen LogP contribution in [0.4, 0.5) is 0 Å². The molecule has 0 bridgehead atoms. The van der Waals surface area contributed by atoms with E-state index < -0.39 is 12.1 Å². The van der Waals surface area contributed by atoms with Crippen molar-refractivity contribution in [3.05, 3.63) is 33.8 Å². The van der Waals surface area contributed by atoms with Gasteiger partial charge in [-0.05, 0) is 30.2 Å². The van der Waals surface area contributed by atoms with Crippen LogP contribution >= 0.6 is 15.9 Å². The molecule has 3 nitrogen and oxygen atoms in total. The van der Waals surface area contributed by atoms with Crippen LogP contribution in [0.15, 0.2) is 22.7 Å². The van der Waals surface area contributed by atoms with E-state index in [2.05, 4.69) is 15.9 Å². The first-order valence-electron chi connectivity index (χ1n) is 4.39. The van der Waals surface area contributed by atoms with Crippen molar-refractivity contribution in [1.29, 1.82) is 0 Å². The van der Waals surface area contributed by atoms with Gasteiger partial charge in [-0.3, -0.25) is 0 Å². The van der Waals surface area contributed by atoms with Crippen LogP contribution in [-0.4, -0.2) is 16.3 Å². The molecule has 1 aromatic rings. The normalized spacial score (nSPS) is 15.2. The second-order valence-electron chi connectivity index (χ2n) is 3.27. The van der Waals surface area contributed by atoms with Crippen molar-refractivity contribution in [2.75, 3.05) is 0 Å². The molecule has 0 unspecified atom stereocenters. The van der Waals surface area contributed by atoms with Gasteiger partial charge in [-0.25, -0.2) is 0 Å². The third-order valence-corrected chi connectivity index (χ3v) is 2.65. The summed E-state index contributed by atoms with van der Waals surface area (Å²) in [7, 11) is 0. The average Bonchev–Trinajstić information content (AvgIpc) is 2.16. The van der Waals surface area contributed by atoms with Gasteiger partial charge in [0.2, 0.25) is 0 Å². The molecule has 0 fully saturated rings. The van der Waals surface area contributed by atoms with Crippen LogP contribution in [0.25, 0.3) is 0 Å². The first-order valence-corrected chi connectivity index (χ1v) is 5.18. The summed E-state index contributed by atoms with van der Waals surface area (Å²) in [6, 6.07) is 4.99. The van der Waals surface area contributed by atoms with Crippen molar-refractivity contribution < 1.29 is 10.2 Å². The predicted molar refractivity (Wildman–Crippen MR) is 58.7 cm³/mol. The Hall–Kier alpha value is -0.420. The van der Waals surface area contributed by atoms with E-state index in [0.29, 0.717) is 0 Å². The lowest BCUT2D eigenvalue weighted by molar-refractivity contribution is 0.163. The Balaban J connectivity index is 3.10. The highest BCUT2D eigenvalue weighted by atomic mass is 79.9. The van der Waals surface area contributed by atoms with E-state index in [1.54, 1.807) is 13.0 Å². The van der Waals surface area contributed by atoms with E-state index in [1.807, 2.05) is 12.1 Å². The number of hydrogen-bond donors (Lipinski definition) is 3. The van der Waals surface area contributed by atoms with Crippen LogP contribution < -0.4 is 5.73 Å². The summed E-state index contributed by atoms with van der Waals surface area (Å²) >= 11 is 3.32. The maximum Gasteiger partial charge on any atom is 0.0704 e. The van der Waals surface area contributed by atoms with Crippen molar-refractivity contribution in [2.45, 2.75) is 25.7 Å². The molecular formula is C10H14BrNO2. The van der Waals surface area contributed by atoms with Gasteiger partial charge in [0, 0.05) is 4.47 Å². The number of halogens is 1. The third-order valence-electron chi connectivity index (χ3n) is 2.16. The Labute approximate surface area is 91.7 Å². The van der Waals surface area contributed by atoms with E-state index >= 15 is 0 Å². The van der Waals surface area contributed by atoms with Crippen molar-refractivity contribution in [2.24, 2.45) is 5.73 Å². The largest absolute Gasteiger partial charge is 0.392 e. The standard InChI is InChI=1S/C10H14BrNO2/c1-6(14)10(12)9-4-8(11)3-2-7(9)5-13/h2-4,6,10,13-14H,5,12H2,1H3/t6-,10-/m0/s1. The summed E-state index contributed by atoms with van der Waals surface area (Å²) in [5.74, 6) is 0. The molecule has 0 saturated heterocycles. The van der Waals surface area contributed by atoms with Crippen molar-refractivity contribution in [3.63, 3.8) is 0 Å². The fourth-order valence-electron chi connectivity index (χ4n) is 1.28. The Morgan fingerprint density at radius 1 is 1.50 bits per heavy atom. The lowest BCUT2D eigenvalue weighted by Crippen LogP contribution is -2.24. The fourth-order valence-corrected chi connectivity index (χ4v) is 1.66. The lowest BCUT2D eigenvalue weighted by Gasteiger charge is -2.18. The molecule has 78 valence electrons. The number of aliphatic hydroxyl groups excluding tert-OH is 2. The third kappa shape index (κ3) is 2.54. The van der Waals surface area contributed by atoms with E-state index in [0.717, 1.165) is 15.6 Å². The van der Waals surface area contributed by atoms with Crippen LogP contribution in [-0.2, 0) is 6.61 Å². The van der Waals surface area contributed by atoms with Crippen LogP contribution in [0.3, 0.4) is 0 Å². The summed E-state index contributed by atoms with van der Waals surface area (Å²) in [6.45, 7) is 1.57. The number of nitrogens with two attached hydrogens (primary N) is 1. The number of rotatable bonds is 3. The Morgan fingerprint density at radius 3 is 2.64 bits per heavy atom. The summed E-state index contributed by atoms with van der Waals surface area (Å²) in [4.78, 5) is 0. The molecule has 1 aromatic carbocycles. The molecule has 4 heteroatoms. The zero-order valence-electron chi connectivity index (χ0n) is 7.94. The topological polar surface area (TPSA) is 66.5 Å². The molecule has 0 heterocycles. The maximum absolute atomic E-state index is 9.36. The van der Waals surface area contributed by atoms with Gasteiger partial charge in [-0.2, -0.15) is 0 Å². The second-order valence-corrected chi connectivity index (χ2v) is 4.18. The maximum atomic E-state index is 9.36. The molecule has 4 N–H and O–H groups in total. The quantitative estimate of drug-likeness (QED) is 0.767. The van der Waals surface area contributed by atoms with Gasteiger partial charge in [0.25, 0.3) is 0 Å². The van der Waals surface area contributed by atoms with Gasteiger partial charge in [0.1, 0.15) is 0 Å². The fraction of sp³-hybridized carbons (Fsp3) is 0.400. The van der Waals surface area contributed by atoms with Crippen LogP contribution in [0.1, 0.15) is 24.1 Å². The molecule has 0 aromatic heterocycles. The Morgan fingerprint density at radius 2 is 2.14 bits per heavy atom. The van der Waals surface area contributed by atoms with E-state index in [4.69, 9.17) is 10.8 Å². The van der Waals surface area contributed by atoms with Gasteiger partial charge in [-0.1, -0.05) is 22.0 Å². The van der Waals surface area contributed by atoms with Crippen LogP contribution in [0, 0.1) is 0 Å². The highest BCUT2D eigenvalue weighted by molar-refractivity contribution is 9.10. The highest BCUT2D eigenvalue weighted by Crippen LogP contribution is 2.23. The smallest absolute Gasteiger partial charge is 0.0704 e. The van der Waals surface area contributed by atoms with Crippen molar-refractivity contribution >= 4 is 15.9 Å². The second kappa shape index (κ2) is 4.89. The van der Waals surface area contributed by atoms with Crippen LogP contribution in [0.5, 0.6) is 0 Å². The lowest BCUT2D eigenvalue weighted by atomic mass is 9.98. The first kappa shape index (κ1) is 11.7. The number of benzene rings is 1. The van der Waals surface area contributed by atoms with Gasteiger partial charge >= 0.3 is 0 Å². The summed E-state index contributed by atoms with van der Waals surface area (Å²) < 4.78 is 0.890. The van der Waals surface area contributed by atoms with Crippen molar-refractivity contribution in [1.82, 2.24) is 0 Å². The van der Waals surface area contributed by atoms with Gasteiger partial charge in [0.05, 0.1) is 18.8 Å². The minimum absolute atomic E-state index is 0.0664. The highest BCUT2D eigenvalue weighted by Gasteiger charge is 2.15. The molecule has 0 amide bonds. The predicted octanol–water partition coefficient (Wildman–Crippen LogP) is 1.32. The zero-order chi connectivity index (χ0) is 10.7. The molecule has 0 spiro atoms. The molecule has 1 rings (SSSR count). The average molecular weight is 260 g/mol. The van der Waals surface area contributed by atoms with Crippen molar-refractivity contribution in [3.8, 4) is 0 Å². The van der Waals surface area contributed by atoms with E-state index in [1.165, 1.54) is 0 Å². The van der Waals surface area contributed by atoms with Crippen LogP contribution in [0.2, 0.25) is 0 Å². The summed E-state index contributed by atoms with van der Waals surface area (Å²) in [5.41, 5.74) is 7.33. The molecule has 0 radical (unpaired) electrons. The monoisotopic (exact) mass is 259 g/mol. The van der Waals surface area contributed by atoms with E-state index in [-0.39, 0.29) is 6.61 Å². The number of aliphatic hydroxyl groups is 2. The summed E-state index contributed by atoms with van der Waals surface area (Å²) in [6.07, 6.45) is -0.630. The summed E-state index contributed by atoms with van der Waals surface area (Å²) in [5, 5.41) is 18.5. The van der Waals surface area contributed by atoms with Gasteiger partial charge in [-0.15, -0.1) is 0 Å². The Kier molecular flexibility index (Phi) is 4.07. The van der Waals surface area contributed by atoms with Gasteiger partial charge < -0.3 is 15.9 Å². The van der Waals surface area contributed by atoms with Gasteiger partial charge in [0.15, 0.2) is 0 Å². The van der Waals surface area contributed by atoms with E-state index in [9.17, 15) is 5.11 Å². The SMILES string of the molecule is C[C@H](O)[C@H](N)c1cc(Br)ccc1CO. The number of hydrogen-bond acceptors (Lipinski definition) is 3. The first-order chi connectivity index (χ1) is 6.56. The molecule has 0 aliphatic carbocycles. The minimum Gasteiger partial charge on any atom is -0.392 e. The minimum atomic E-state index is -0.630. The molecule has 0 aliphatic heterocycles. The molecular weight excluding hydrogens is 246 g/mol. The molecule has 0 saturated carbocycles.